The number of amides is 1. The Morgan fingerprint density at radius 3 is 2.86 bits per heavy atom. The third-order valence-electron chi connectivity index (χ3n) is 3.03. The molecule has 0 atom stereocenters. The van der Waals surface area contributed by atoms with Crippen LogP contribution in [0.1, 0.15) is 37.5 Å². The number of alkyl halides is 2. The Bertz CT molecular complexity index is 658. The number of alkyl carbamates (subject to hydrolysis) is 1. The molecule has 0 aliphatic carbocycles. The predicted octanol–water partition coefficient (Wildman–Crippen LogP) is 5.16. The summed E-state index contributed by atoms with van der Waals surface area (Å²) in [5, 5.41) is 3.08. The van der Waals surface area contributed by atoms with E-state index >= 15 is 0 Å². The number of fused-ring (bicyclic) bond motifs is 1. The summed E-state index contributed by atoms with van der Waals surface area (Å²) in [6, 6.07) is 4.64. The second-order valence-electron chi connectivity index (χ2n) is 4.77. The molecule has 0 fully saturated rings. The van der Waals surface area contributed by atoms with E-state index < -0.39 is 12.5 Å². The first-order valence-corrected chi connectivity index (χ1v) is 7.71. The first kappa shape index (κ1) is 16.7. The van der Waals surface area contributed by atoms with Gasteiger partial charge in [0, 0.05) is 9.86 Å². The first-order valence-electron chi connectivity index (χ1n) is 6.92. The van der Waals surface area contributed by atoms with Gasteiger partial charge in [-0.25, -0.2) is 13.6 Å². The number of halogens is 3. The standard InChI is InChI=1S/C15H16BrF2NO3/c1-2-3-4-21-15(20)19-8-11-6-9-5-10(16)7-12(14(17)18)13(9)22-11/h5-7,14H,2-4,8H2,1H3,(H,19,20). The van der Waals surface area contributed by atoms with Gasteiger partial charge in [-0.15, -0.1) is 0 Å². The minimum Gasteiger partial charge on any atom is -0.459 e. The molecule has 2 aromatic rings. The van der Waals surface area contributed by atoms with Crippen LogP contribution in [0.25, 0.3) is 11.0 Å². The van der Waals surface area contributed by atoms with Crippen molar-refractivity contribution in [1.29, 1.82) is 0 Å². The summed E-state index contributed by atoms with van der Waals surface area (Å²) >= 11 is 3.19. The number of rotatable bonds is 6. The van der Waals surface area contributed by atoms with Crippen LogP contribution in [0.15, 0.2) is 27.1 Å². The lowest BCUT2D eigenvalue weighted by atomic mass is 10.1. The normalized spacial score (nSPS) is 11.1. The molecule has 4 nitrogen and oxygen atoms in total. The van der Waals surface area contributed by atoms with Crippen molar-refractivity contribution in [2.45, 2.75) is 32.7 Å². The Morgan fingerprint density at radius 2 is 2.18 bits per heavy atom. The topological polar surface area (TPSA) is 51.5 Å². The average molecular weight is 376 g/mol. The van der Waals surface area contributed by atoms with Gasteiger partial charge in [0.1, 0.15) is 11.3 Å². The minimum atomic E-state index is -2.63. The van der Waals surface area contributed by atoms with Gasteiger partial charge in [0.05, 0.1) is 18.7 Å². The van der Waals surface area contributed by atoms with Crippen molar-refractivity contribution in [2.75, 3.05) is 6.61 Å². The van der Waals surface area contributed by atoms with E-state index in [2.05, 4.69) is 21.2 Å². The summed E-state index contributed by atoms with van der Waals surface area (Å²) in [7, 11) is 0. The van der Waals surface area contributed by atoms with Crippen molar-refractivity contribution >= 4 is 33.0 Å². The van der Waals surface area contributed by atoms with Crippen molar-refractivity contribution in [1.82, 2.24) is 5.32 Å². The number of benzene rings is 1. The summed E-state index contributed by atoms with van der Waals surface area (Å²) in [5.41, 5.74) is -0.0458. The third kappa shape index (κ3) is 4.19. The second-order valence-corrected chi connectivity index (χ2v) is 5.69. The molecule has 1 aromatic heterocycles. The summed E-state index contributed by atoms with van der Waals surface area (Å²) in [6.45, 7) is 2.43. The van der Waals surface area contributed by atoms with Gasteiger partial charge in [-0.1, -0.05) is 29.3 Å². The van der Waals surface area contributed by atoms with E-state index in [4.69, 9.17) is 9.15 Å². The molecule has 0 aliphatic rings. The number of carbonyl (C=O) groups excluding carboxylic acids is 1. The van der Waals surface area contributed by atoms with E-state index in [-0.39, 0.29) is 17.7 Å². The van der Waals surface area contributed by atoms with Gasteiger partial charge in [-0.2, -0.15) is 0 Å². The first-order chi connectivity index (χ1) is 10.5. The molecule has 0 unspecified atom stereocenters. The Kier molecular flexibility index (Phi) is 5.76. The lowest BCUT2D eigenvalue weighted by Gasteiger charge is -2.04. The summed E-state index contributed by atoms with van der Waals surface area (Å²) < 4.78 is 36.9. The predicted molar refractivity (Wildman–Crippen MR) is 82.0 cm³/mol. The molecule has 0 aliphatic heterocycles. The molecule has 0 radical (unpaired) electrons. The van der Waals surface area contributed by atoms with Gasteiger partial charge in [0.15, 0.2) is 0 Å². The number of hydrogen-bond donors (Lipinski definition) is 1. The van der Waals surface area contributed by atoms with Crippen molar-refractivity contribution in [3.63, 3.8) is 0 Å². The zero-order chi connectivity index (χ0) is 16.1. The van der Waals surface area contributed by atoms with E-state index in [1.807, 2.05) is 6.92 Å². The van der Waals surface area contributed by atoms with Gasteiger partial charge in [-0.05, 0) is 24.6 Å². The maximum atomic E-state index is 13.0. The SMILES string of the molecule is CCCCOC(=O)NCc1cc2cc(Br)cc(C(F)F)c2o1. The van der Waals surface area contributed by atoms with Gasteiger partial charge in [-0.3, -0.25) is 0 Å². The van der Waals surface area contributed by atoms with Crippen molar-refractivity contribution in [3.05, 3.63) is 34.0 Å². The molecule has 1 aromatic carbocycles. The molecule has 2 rings (SSSR count). The zero-order valence-corrected chi connectivity index (χ0v) is 13.6. The monoisotopic (exact) mass is 375 g/mol. The molecule has 0 saturated carbocycles. The van der Waals surface area contributed by atoms with Crippen LogP contribution in [0.3, 0.4) is 0 Å². The van der Waals surface area contributed by atoms with Crippen LogP contribution in [-0.2, 0) is 11.3 Å². The molecule has 1 heterocycles. The van der Waals surface area contributed by atoms with E-state index in [1.165, 1.54) is 6.07 Å². The van der Waals surface area contributed by atoms with Gasteiger partial charge < -0.3 is 14.5 Å². The lowest BCUT2D eigenvalue weighted by Crippen LogP contribution is -2.23. The fraction of sp³-hybridized carbons (Fsp3) is 0.400. The van der Waals surface area contributed by atoms with Crippen molar-refractivity contribution in [2.24, 2.45) is 0 Å². The van der Waals surface area contributed by atoms with Gasteiger partial charge in [0.25, 0.3) is 6.43 Å². The minimum absolute atomic E-state index is 0.0833. The average Bonchev–Trinajstić information content (AvgIpc) is 2.87. The molecule has 120 valence electrons. The third-order valence-corrected chi connectivity index (χ3v) is 3.49. The number of furan rings is 1. The van der Waals surface area contributed by atoms with E-state index in [0.717, 1.165) is 12.8 Å². The van der Waals surface area contributed by atoms with Crippen LogP contribution in [0.4, 0.5) is 13.6 Å². The lowest BCUT2D eigenvalue weighted by molar-refractivity contribution is 0.143. The quantitative estimate of drug-likeness (QED) is 0.709. The zero-order valence-electron chi connectivity index (χ0n) is 12.0. The Morgan fingerprint density at radius 1 is 1.41 bits per heavy atom. The molecule has 0 spiro atoms. The van der Waals surface area contributed by atoms with Crippen LogP contribution in [-0.4, -0.2) is 12.7 Å². The highest BCUT2D eigenvalue weighted by molar-refractivity contribution is 9.10. The molecule has 1 N–H and O–H groups in total. The van der Waals surface area contributed by atoms with Crippen LogP contribution >= 0.6 is 15.9 Å². The molecular weight excluding hydrogens is 360 g/mol. The number of nitrogens with one attached hydrogen (secondary N) is 1. The Hall–Kier alpha value is -1.63. The van der Waals surface area contributed by atoms with E-state index in [1.54, 1.807) is 12.1 Å². The second kappa shape index (κ2) is 7.58. The molecule has 22 heavy (non-hydrogen) atoms. The van der Waals surface area contributed by atoms with Crippen LogP contribution < -0.4 is 5.32 Å². The molecule has 1 amide bonds. The molecule has 0 bridgehead atoms. The van der Waals surface area contributed by atoms with Crippen molar-refractivity contribution < 1.29 is 22.7 Å². The summed E-state index contributed by atoms with van der Waals surface area (Å²) in [4.78, 5) is 11.4. The highest BCUT2D eigenvalue weighted by Crippen LogP contribution is 2.33. The molecular formula is C15H16BrF2NO3. The number of carbonyl (C=O) groups is 1. The largest absolute Gasteiger partial charge is 0.459 e. The van der Waals surface area contributed by atoms with Gasteiger partial charge >= 0.3 is 6.09 Å². The summed E-state index contributed by atoms with van der Waals surface area (Å²) in [5.74, 6) is 0.391. The fourth-order valence-corrected chi connectivity index (χ4v) is 2.46. The number of ether oxygens (including phenoxy) is 1. The summed E-state index contributed by atoms with van der Waals surface area (Å²) in [6.07, 6.45) is -1.46. The highest BCUT2D eigenvalue weighted by Gasteiger charge is 2.17. The van der Waals surface area contributed by atoms with E-state index in [0.29, 0.717) is 22.2 Å². The Balaban J connectivity index is 2.07. The smallest absolute Gasteiger partial charge is 0.407 e. The molecule has 0 saturated heterocycles. The maximum absolute atomic E-state index is 13.0. The van der Waals surface area contributed by atoms with Crippen LogP contribution in [0.2, 0.25) is 0 Å². The van der Waals surface area contributed by atoms with Crippen molar-refractivity contribution in [3.8, 4) is 0 Å². The maximum Gasteiger partial charge on any atom is 0.407 e. The number of hydrogen-bond acceptors (Lipinski definition) is 3. The Labute approximate surface area is 134 Å². The van der Waals surface area contributed by atoms with Crippen LogP contribution in [0, 0.1) is 0 Å². The van der Waals surface area contributed by atoms with E-state index in [9.17, 15) is 13.6 Å². The fourth-order valence-electron chi connectivity index (χ4n) is 1.96. The van der Waals surface area contributed by atoms with Crippen LogP contribution in [0.5, 0.6) is 0 Å². The highest BCUT2D eigenvalue weighted by atomic mass is 79.9. The van der Waals surface area contributed by atoms with Gasteiger partial charge in [0.2, 0.25) is 0 Å². The number of unbranched alkanes of at least 4 members (excludes halogenated alkanes) is 1. The molecule has 7 heteroatoms.